The zero-order chi connectivity index (χ0) is 12.8. The fourth-order valence-electron chi connectivity index (χ4n) is 1.79. The quantitative estimate of drug-likeness (QED) is 0.875. The first kappa shape index (κ1) is 12.6. The van der Waals surface area contributed by atoms with Crippen LogP contribution in [0.4, 0.5) is 0 Å². The summed E-state index contributed by atoms with van der Waals surface area (Å²) in [6, 6.07) is 16.5. The first-order chi connectivity index (χ1) is 8.79. The molecule has 0 aliphatic rings. The molecule has 0 fully saturated rings. The molecule has 18 heavy (non-hydrogen) atoms. The lowest BCUT2D eigenvalue weighted by Gasteiger charge is -2.14. The van der Waals surface area contributed by atoms with Crippen molar-refractivity contribution in [2.45, 2.75) is 19.5 Å². The van der Waals surface area contributed by atoms with Crippen LogP contribution in [0.5, 0.6) is 5.88 Å². The van der Waals surface area contributed by atoms with Gasteiger partial charge in [-0.1, -0.05) is 36.4 Å². The van der Waals surface area contributed by atoms with E-state index in [0.717, 1.165) is 12.2 Å². The van der Waals surface area contributed by atoms with Crippen LogP contribution in [0.15, 0.2) is 48.5 Å². The number of benzene rings is 1. The number of hydrogen-bond donors (Lipinski definition) is 1. The van der Waals surface area contributed by atoms with Crippen molar-refractivity contribution in [1.82, 2.24) is 10.3 Å². The van der Waals surface area contributed by atoms with E-state index in [9.17, 15) is 0 Å². The molecule has 3 nitrogen and oxygen atoms in total. The van der Waals surface area contributed by atoms with Crippen molar-refractivity contribution in [2.75, 3.05) is 7.11 Å². The van der Waals surface area contributed by atoms with Gasteiger partial charge in [0.2, 0.25) is 5.88 Å². The maximum atomic E-state index is 5.11. The van der Waals surface area contributed by atoms with Gasteiger partial charge in [-0.25, -0.2) is 4.98 Å². The molecule has 2 aromatic rings. The van der Waals surface area contributed by atoms with Gasteiger partial charge >= 0.3 is 0 Å². The summed E-state index contributed by atoms with van der Waals surface area (Å²) in [4.78, 5) is 4.37. The van der Waals surface area contributed by atoms with E-state index in [4.69, 9.17) is 4.74 Å². The maximum absolute atomic E-state index is 5.11. The van der Waals surface area contributed by atoms with Crippen molar-refractivity contribution in [3.8, 4) is 5.88 Å². The molecule has 94 valence electrons. The van der Waals surface area contributed by atoms with Crippen LogP contribution in [-0.2, 0) is 6.54 Å². The Balaban J connectivity index is 1.95. The molecule has 1 atom stereocenters. The molecule has 0 aliphatic heterocycles. The summed E-state index contributed by atoms with van der Waals surface area (Å²) < 4.78 is 5.11. The first-order valence-corrected chi connectivity index (χ1v) is 6.08. The Morgan fingerprint density at radius 3 is 2.61 bits per heavy atom. The molecular formula is C15H18N2O. The largest absolute Gasteiger partial charge is 0.481 e. The number of pyridine rings is 1. The van der Waals surface area contributed by atoms with E-state index in [0.29, 0.717) is 11.9 Å². The molecule has 1 aromatic heterocycles. The number of ether oxygens (including phenoxy) is 1. The normalized spacial score (nSPS) is 12.1. The minimum absolute atomic E-state index is 0.305. The van der Waals surface area contributed by atoms with Crippen molar-refractivity contribution in [3.05, 3.63) is 59.8 Å². The molecule has 1 unspecified atom stereocenters. The lowest BCUT2D eigenvalue weighted by atomic mass is 10.1. The second kappa shape index (κ2) is 6.17. The van der Waals surface area contributed by atoms with Crippen molar-refractivity contribution >= 4 is 0 Å². The molecule has 0 bridgehead atoms. The molecule has 0 radical (unpaired) electrons. The van der Waals surface area contributed by atoms with Gasteiger partial charge in [0.1, 0.15) is 0 Å². The fraction of sp³-hybridized carbons (Fsp3) is 0.267. The second-order valence-corrected chi connectivity index (χ2v) is 4.18. The molecule has 1 aromatic carbocycles. The summed E-state index contributed by atoms with van der Waals surface area (Å²) in [5, 5.41) is 3.45. The van der Waals surface area contributed by atoms with Crippen LogP contribution >= 0.6 is 0 Å². The third-order valence-corrected chi connectivity index (χ3v) is 2.88. The Hall–Kier alpha value is -1.87. The topological polar surface area (TPSA) is 34.1 Å². The summed E-state index contributed by atoms with van der Waals surface area (Å²) in [6.07, 6.45) is 0. The summed E-state index contributed by atoms with van der Waals surface area (Å²) in [5.41, 5.74) is 2.26. The molecular weight excluding hydrogens is 224 g/mol. The molecule has 1 N–H and O–H groups in total. The van der Waals surface area contributed by atoms with Gasteiger partial charge in [0, 0.05) is 18.7 Å². The van der Waals surface area contributed by atoms with Crippen LogP contribution in [0.25, 0.3) is 0 Å². The Morgan fingerprint density at radius 2 is 1.89 bits per heavy atom. The predicted molar refractivity (Wildman–Crippen MR) is 72.5 cm³/mol. The number of nitrogens with zero attached hydrogens (tertiary/aromatic N) is 1. The molecule has 0 saturated heterocycles. The highest BCUT2D eigenvalue weighted by Crippen LogP contribution is 2.12. The minimum Gasteiger partial charge on any atom is -0.481 e. The minimum atomic E-state index is 0.305. The number of aromatic nitrogens is 1. The molecule has 0 spiro atoms. The SMILES string of the molecule is COc1cccc(CNC(C)c2ccccc2)n1. The van der Waals surface area contributed by atoms with Gasteiger partial charge in [-0.2, -0.15) is 0 Å². The van der Waals surface area contributed by atoms with E-state index in [-0.39, 0.29) is 0 Å². The van der Waals surface area contributed by atoms with Crippen molar-refractivity contribution in [1.29, 1.82) is 0 Å². The first-order valence-electron chi connectivity index (χ1n) is 6.08. The molecule has 2 rings (SSSR count). The molecule has 0 amide bonds. The van der Waals surface area contributed by atoms with Gasteiger partial charge in [0.25, 0.3) is 0 Å². The highest BCUT2D eigenvalue weighted by molar-refractivity contribution is 5.19. The Morgan fingerprint density at radius 1 is 1.11 bits per heavy atom. The van der Waals surface area contributed by atoms with Gasteiger partial charge in [0.15, 0.2) is 0 Å². The van der Waals surface area contributed by atoms with Crippen molar-refractivity contribution in [3.63, 3.8) is 0 Å². The van der Waals surface area contributed by atoms with E-state index < -0.39 is 0 Å². The van der Waals surface area contributed by atoms with E-state index >= 15 is 0 Å². The summed E-state index contributed by atoms with van der Waals surface area (Å²) in [6.45, 7) is 2.88. The maximum Gasteiger partial charge on any atom is 0.213 e. The van der Waals surface area contributed by atoms with Gasteiger partial charge < -0.3 is 10.1 Å². The number of nitrogens with one attached hydrogen (secondary N) is 1. The van der Waals surface area contributed by atoms with Crippen molar-refractivity contribution in [2.24, 2.45) is 0 Å². The van der Waals surface area contributed by atoms with Crippen molar-refractivity contribution < 1.29 is 4.74 Å². The lowest BCUT2D eigenvalue weighted by Crippen LogP contribution is -2.18. The molecule has 3 heteroatoms. The zero-order valence-corrected chi connectivity index (χ0v) is 10.8. The summed E-state index contributed by atoms with van der Waals surface area (Å²) in [5.74, 6) is 0.654. The van der Waals surface area contributed by atoms with E-state index in [2.05, 4.69) is 41.5 Å². The number of methoxy groups -OCH3 is 1. The van der Waals surface area contributed by atoms with E-state index in [1.54, 1.807) is 7.11 Å². The molecule has 1 heterocycles. The summed E-state index contributed by atoms with van der Waals surface area (Å²) >= 11 is 0. The average Bonchev–Trinajstić information content (AvgIpc) is 2.46. The fourth-order valence-corrected chi connectivity index (χ4v) is 1.79. The highest BCUT2D eigenvalue weighted by atomic mass is 16.5. The average molecular weight is 242 g/mol. The second-order valence-electron chi connectivity index (χ2n) is 4.18. The van der Waals surface area contributed by atoms with Gasteiger partial charge in [-0.15, -0.1) is 0 Å². The zero-order valence-electron chi connectivity index (χ0n) is 10.8. The van der Waals surface area contributed by atoms with Crippen LogP contribution in [0, 0.1) is 0 Å². The van der Waals surface area contributed by atoms with E-state index in [1.165, 1.54) is 5.56 Å². The Bertz CT molecular complexity index is 485. The molecule has 0 aliphatic carbocycles. The lowest BCUT2D eigenvalue weighted by molar-refractivity contribution is 0.395. The van der Waals surface area contributed by atoms with Gasteiger partial charge in [-0.05, 0) is 18.6 Å². The summed E-state index contributed by atoms with van der Waals surface area (Å²) in [7, 11) is 1.63. The van der Waals surface area contributed by atoms with Crippen LogP contribution in [0.3, 0.4) is 0 Å². The molecule has 0 saturated carbocycles. The van der Waals surface area contributed by atoms with Crippen LogP contribution in [-0.4, -0.2) is 12.1 Å². The monoisotopic (exact) mass is 242 g/mol. The van der Waals surface area contributed by atoms with Gasteiger partial charge in [0.05, 0.1) is 12.8 Å². The Kier molecular flexibility index (Phi) is 4.31. The third-order valence-electron chi connectivity index (χ3n) is 2.88. The number of hydrogen-bond acceptors (Lipinski definition) is 3. The van der Waals surface area contributed by atoms with Crippen LogP contribution < -0.4 is 10.1 Å². The van der Waals surface area contributed by atoms with Crippen LogP contribution in [0.2, 0.25) is 0 Å². The predicted octanol–water partition coefficient (Wildman–Crippen LogP) is 2.94. The van der Waals surface area contributed by atoms with Crippen LogP contribution in [0.1, 0.15) is 24.2 Å². The smallest absolute Gasteiger partial charge is 0.213 e. The third kappa shape index (κ3) is 3.31. The van der Waals surface area contributed by atoms with E-state index in [1.807, 2.05) is 24.3 Å². The van der Waals surface area contributed by atoms with Gasteiger partial charge in [-0.3, -0.25) is 0 Å². The highest BCUT2D eigenvalue weighted by Gasteiger charge is 2.04. The Labute approximate surface area is 108 Å². The number of rotatable bonds is 5. The standard InChI is InChI=1S/C15H18N2O/c1-12(13-7-4-3-5-8-13)16-11-14-9-6-10-15(17-14)18-2/h3-10,12,16H,11H2,1-2H3.